The van der Waals surface area contributed by atoms with E-state index >= 15 is 0 Å². The van der Waals surface area contributed by atoms with E-state index in [1.54, 1.807) is 0 Å². The lowest BCUT2D eigenvalue weighted by molar-refractivity contribution is -0.224. The van der Waals surface area contributed by atoms with Gasteiger partial charge in [0.2, 0.25) is 0 Å². The van der Waals surface area contributed by atoms with Gasteiger partial charge >= 0.3 is 0 Å². The molecule has 0 aromatic heterocycles. The van der Waals surface area contributed by atoms with Gasteiger partial charge in [-0.3, -0.25) is 4.57 Å². The van der Waals surface area contributed by atoms with E-state index in [-0.39, 0.29) is 0 Å². The Morgan fingerprint density at radius 2 is 1.57 bits per heavy atom. The molecule has 5 heteroatoms. The van der Waals surface area contributed by atoms with Crippen molar-refractivity contribution in [3.8, 4) is 0 Å². The molecule has 1 atom stereocenters. The first-order chi connectivity index (χ1) is 6.20. The predicted octanol–water partition coefficient (Wildman–Crippen LogP) is 1.92. The molecule has 0 spiro atoms. The summed E-state index contributed by atoms with van der Waals surface area (Å²) in [5, 5.41) is 0. The zero-order chi connectivity index (χ0) is 11.4. The van der Waals surface area contributed by atoms with Crippen molar-refractivity contribution in [2.24, 2.45) is 11.8 Å². The fourth-order valence-electron chi connectivity index (χ4n) is 1.42. The van der Waals surface area contributed by atoms with Crippen molar-refractivity contribution in [2.75, 3.05) is 0 Å². The average molecular weight is 223 g/mol. The summed E-state index contributed by atoms with van der Waals surface area (Å²) < 4.78 is 15.2. The zero-order valence-electron chi connectivity index (χ0n) is 9.27. The van der Waals surface area contributed by atoms with Gasteiger partial charge in [0.25, 0.3) is 7.82 Å². The summed E-state index contributed by atoms with van der Waals surface area (Å²) in [6.07, 6.45) is 0.888. The van der Waals surface area contributed by atoms with E-state index in [0.29, 0.717) is 24.7 Å². The molecule has 0 aromatic rings. The minimum atomic E-state index is -4.58. The molecule has 0 aromatic carbocycles. The van der Waals surface area contributed by atoms with E-state index in [2.05, 4.69) is 4.52 Å². The van der Waals surface area contributed by atoms with Crippen molar-refractivity contribution in [1.82, 2.24) is 0 Å². The third kappa shape index (κ3) is 8.70. The zero-order valence-corrected chi connectivity index (χ0v) is 10.2. The van der Waals surface area contributed by atoms with E-state index in [0.717, 1.165) is 0 Å². The molecule has 0 fully saturated rings. The van der Waals surface area contributed by atoms with Crippen LogP contribution in [0.1, 0.15) is 40.5 Å². The summed E-state index contributed by atoms with van der Waals surface area (Å²) in [6.45, 7) is 7.96. The molecule has 14 heavy (non-hydrogen) atoms. The Labute approximate surface area is 85.9 Å². The van der Waals surface area contributed by atoms with Gasteiger partial charge in [0, 0.05) is 0 Å². The molecule has 0 amide bonds. The van der Waals surface area contributed by atoms with Crippen LogP contribution >= 0.6 is 7.82 Å². The van der Waals surface area contributed by atoms with Gasteiger partial charge in [-0.2, -0.15) is 0 Å². The van der Waals surface area contributed by atoms with Gasteiger partial charge in [0.15, 0.2) is 0 Å². The molecular formula is C9H20O4P-. The number of hydrogen-bond donors (Lipinski definition) is 1. The summed E-state index contributed by atoms with van der Waals surface area (Å²) in [4.78, 5) is 19.2. The Balaban J connectivity index is 4.18. The molecule has 0 saturated heterocycles. The van der Waals surface area contributed by atoms with Crippen LogP contribution in [-0.4, -0.2) is 11.0 Å². The largest absolute Gasteiger partial charge is 0.756 e. The topological polar surface area (TPSA) is 69.6 Å². The maximum absolute atomic E-state index is 10.6. The molecular weight excluding hydrogens is 203 g/mol. The highest BCUT2D eigenvalue weighted by Gasteiger charge is 2.17. The molecule has 0 saturated carbocycles. The number of phosphoric ester groups is 1. The maximum Gasteiger partial charge on any atom is 0.265 e. The van der Waals surface area contributed by atoms with Gasteiger partial charge < -0.3 is 14.3 Å². The van der Waals surface area contributed by atoms with E-state index in [1.165, 1.54) is 0 Å². The molecule has 0 bridgehead atoms. The van der Waals surface area contributed by atoms with Gasteiger partial charge in [-0.15, -0.1) is 0 Å². The fourth-order valence-corrected chi connectivity index (χ4v) is 1.97. The standard InChI is InChI=1S/C9H21O4P/c1-7(2)5-9(6-8(3)4)13-14(10,11)12/h7-9H,5-6H2,1-4H3,(H2,10,11,12)/p-1. The number of rotatable bonds is 6. The Hall–Kier alpha value is 0.110. The van der Waals surface area contributed by atoms with Gasteiger partial charge in [-0.1, -0.05) is 27.7 Å². The molecule has 0 aliphatic carbocycles. The monoisotopic (exact) mass is 223 g/mol. The smallest absolute Gasteiger partial charge is 0.265 e. The van der Waals surface area contributed by atoms with Crippen LogP contribution in [0.15, 0.2) is 0 Å². The van der Waals surface area contributed by atoms with E-state index in [1.807, 2.05) is 27.7 Å². The summed E-state index contributed by atoms with van der Waals surface area (Å²) in [6, 6.07) is 0. The van der Waals surface area contributed by atoms with Gasteiger partial charge in [0.05, 0.1) is 6.10 Å². The van der Waals surface area contributed by atoms with Crippen molar-refractivity contribution in [3.05, 3.63) is 0 Å². The Morgan fingerprint density at radius 3 is 1.79 bits per heavy atom. The van der Waals surface area contributed by atoms with Crippen LogP contribution in [-0.2, 0) is 9.09 Å². The van der Waals surface area contributed by atoms with Gasteiger partial charge in [0.1, 0.15) is 0 Å². The van der Waals surface area contributed by atoms with Gasteiger partial charge in [-0.25, -0.2) is 0 Å². The summed E-state index contributed by atoms with van der Waals surface area (Å²) >= 11 is 0. The fraction of sp³-hybridized carbons (Fsp3) is 1.00. The van der Waals surface area contributed by atoms with Crippen LogP contribution in [0.2, 0.25) is 0 Å². The minimum Gasteiger partial charge on any atom is -0.756 e. The quantitative estimate of drug-likeness (QED) is 0.698. The lowest BCUT2D eigenvalue weighted by Crippen LogP contribution is -2.19. The van der Waals surface area contributed by atoms with Crippen LogP contribution in [0.4, 0.5) is 0 Å². The molecule has 1 N–H and O–H groups in total. The molecule has 0 rings (SSSR count). The second kappa shape index (κ2) is 5.86. The second-order valence-electron chi connectivity index (χ2n) is 4.46. The third-order valence-corrected chi connectivity index (χ3v) is 2.32. The van der Waals surface area contributed by atoms with Crippen molar-refractivity contribution in [3.63, 3.8) is 0 Å². The first kappa shape index (κ1) is 14.1. The summed E-state index contributed by atoms with van der Waals surface area (Å²) in [7, 11) is -4.58. The Morgan fingerprint density at radius 1 is 1.21 bits per heavy atom. The minimum absolute atomic E-state index is 0.352. The summed E-state index contributed by atoms with van der Waals surface area (Å²) in [5.74, 6) is 0.704. The van der Waals surface area contributed by atoms with E-state index in [4.69, 9.17) is 4.89 Å². The van der Waals surface area contributed by atoms with Crippen LogP contribution in [0.25, 0.3) is 0 Å². The normalized spacial score (nSPS) is 16.6. The Kier molecular flexibility index (Phi) is 5.91. The lowest BCUT2D eigenvalue weighted by atomic mass is 9.98. The van der Waals surface area contributed by atoms with Crippen LogP contribution in [0.5, 0.6) is 0 Å². The van der Waals surface area contributed by atoms with Crippen LogP contribution < -0.4 is 4.89 Å². The molecule has 0 heterocycles. The SMILES string of the molecule is CC(C)CC(CC(C)C)OP(=O)([O-])O. The number of phosphoric acid groups is 1. The first-order valence-electron chi connectivity index (χ1n) is 4.93. The van der Waals surface area contributed by atoms with Crippen molar-refractivity contribution in [1.29, 1.82) is 0 Å². The molecule has 4 nitrogen and oxygen atoms in total. The lowest BCUT2D eigenvalue weighted by Gasteiger charge is -2.26. The van der Waals surface area contributed by atoms with E-state index in [9.17, 15) is 9.46 Å². The van der Waals surface area contributed by atoms with Crippen molar-refractivity contribution < 1.29 is 18.9 Å². The highest BCUT2D eigenvalue weighted by Crippen LogP contribution is 2.35. The van der Waals surface area contributed by atoms with Crippen molar-refractivity contribution >= 4 is 7.82 Å². The highest BCUT2D eigenvalue weighted by atomic mass is 31.2. The highest BCUT2D eigenvalue weighted by molar-refractivity contribution is 7.44. The summed E-state index contributed by atoms with van der Waals surface area (Å²) in [5.41, 5.74) is 0. The van der Waals surface area contributed by atoms with Gasteiger partial charge in [-0.05, 0) is 24.7 Å². The molecule has 0 aliphatic heterocycles. The van der Waals surface area contributed by atoms with Crippen LogP contribution in [0, 0.1) is 11.8 Å². The predicted molar refractivity (Wildman–Crippen MR) is 53.6 cm³/mol. The second-order valence-corrected chi connectivity index (χ2v) is 5.60. The Bertz CT molecular complexity index is 187. The average Bonchev–Trinajstić information content (AvgIpc) is 1.77. The molecule has 86 valence electrons. The van der Waals surface area contributed by atoms with E-state index < -0.39 is 13.9 Å². The van der Waals surface area contributed by atoms with Crippen molar-refractivity contribution in [2.45, 2.75) is 46.6 Å². The van der Waals surface area contributed by atoms with Crippen LogP contribution in [0.3, 0.4) is 0 Å². The molecule has 0 radical (unpaired) electrons. The first-order valence-corrected chi connectivity index (χ1v) is 6.42. The number of hydrogen-bond acceptors (Lipinski definition) is 3. The molecule has 1 unspecified atom stereocenters. The third-order valence-electron chi connectivity index (χ3n) is 1.75. The maximum atomic E-state index is 10.6. The molecule has 0 aliphatic rings.